The molecule has 0 aromatic rings. The second-order valence-corrected chi connectivity index (χ2v) is 19.5. The number of rotatable bonds is 13. The zero-order valence-electron chi connectivity index (χ0n) is 39.1. The molecule has 3 heterocycles. The van der Waals surface area contributed by atoms with Gasteiger partial charge in [0.15, 0.2) is 12.6 Å². The van der Waals surface area contributed by atoms with Gasteiger partial charge in [-0.3, -0.25) is 9.69 Å². The molecule has 6 N–H and O–H groups in total. The first-order valence-electron chi connectivity index (χ1n) is 22.2. The predicted molar refractivity (Wildman–Crippen MR) is 223 cm³/mol. The molecule has 0 saturated carbocycles. The molecule has 0 spiro atoms. The van der Waals surface area contributed by atoms with Crippen LogP contribution in [0.5, 0.6) is 0 Å². The van der Waals surface area contributed by atoms with E-state index in [1.54, 1.807) is 41.5 Å². The normalized spacial score (nSPS) is 46.1. The summed E-state index contributed by atoms with van der Waals surface area (Å²) in [5.74, 6) is -3.64. The summed E-state index contributed by atoms with van der Waals surface area (Å²) in [4.78, 5) is 16.5. The fraction of sp³-hybridized carbons (Fsp3) is 0.977. The van der Waals surface area contributed by atoms with Gasteiger partial charge in [-0.15, -0.1) is 0 Å². The Hall–Kier alpha value is -1.05. The maximum absolute atomic E-state index is 14.4. The first kappa shape index (κ1) is 52.3. The minimum atomic E-state index is -1.88. The summed E-state index contributed by atoms with van der Waals surface area (Å²) in [5.41, 5.74) is -4.61. The van der Waals surface area contributed by atoms with E-state index in [0.29, 0.717) is 19.6 Å². The number of hydrogen-bond donors (Lipinski definition) is 6. The number of nitrogens with one attached hydrogen (secondary N) is 1. The highest BCUT2D eigenvalue weighted by Gasteiger charge is 2.54. The van der Waals surface area contributed by atoms with Gasteiger partial charge in [0.05, 0.1) is 60.4 Å². The monoisotopic (exact) mass is 849 g/mol. The van der Waals surface area contributed by atoms with Crippen LogP contribution in [0, 0.1) is 23.7 Å². The van der Waals surface area contributed by atoms with Crippen LogP contribution in [0.15, 0.2) is 0 Å². The smallest absolute Gasteiger partial charge is 0.311 e. The van der Waals surface area contributed by atoms with Crippen LogP contribution in [0.4, 0.5) is 0 Å². The topological polar surface area (TPSA) is 198 Å². The number of hydrogen-bond acceptors (Lipinski definition) is 15. The lowest BCUT2D eigenvalue weighted by Crippen LogP contribution is -2.62. The highest BCUT2D eigenvalue weighted by Crippen LogP contribution is 2.42. The Kier molecular flexibility index (Phi) is 19.1. The Morgan fingerprint density at radius 3 is 2.08 bits per heavy atom. The second-order valence-electron chi connectivity index (χ2n) is 19.5. The van der Waals surface area contributed by atoms with Crippen molar-refractivity contribution in [3.05, 3.63) is 0 Å². The zero-order valence-corrected chi connectivity index (χ0v) is 39.1. The van der Waals surface area contributed by atoms with Crippen molar-refractivity contribution in [3.63, 3.8) is 0 Å². The molecule has 3 saturated heterocycles. The maximum Gasteiger partial charge on any atom is 0.311 e. The number of aliphatic hydroxyl groups is 5. The van der Waals surface area contributed by atoms with E-state index in [1.807, 2.05) is 41.7 Å². The van der Waals surface area contributed by atoms with Crippen LogP contribution < -0.4 is 5.32 Å². The van der Waals surface area contributed by atoms with Gasteiger partial charge in [0.25, 0.3) is 0 Å². The summed E-state index contributed by atoms with van der Waals surface area (Å²) in [5, 5.41) is 63.1. The zero-order chi connectivity index (χ0) is 44.9. The molecule has 0 aromatic carbocycles. The number of methoxy groups -OCH3 is 1. The van der Waals surface area contributed by atoms with E-state index in [2.05, 4.69) is 24.1 Å². The van der Waals surface area contributed by atoms with Crippen LogP contribution in [0.1, 0.15) is 123 Å². The van der Waals surface area contributed by atoms with Crippen molar-refractivity contribution in [1.29, 1.82) is 0 Å². The number of aliphatic hydroxyl groups excluding tert-OH is 3. The summed E-state index contributed by atoms with van der Waals surface area (Å²) in [6, 6.07) is 0.0300. The number of esters is 1. The summed E-state index contributed by atoms with van der Waals surface area (Å²) >= 11 is 0. The molecule has 348 valence electrons. The molecule has 0 bridgehead atoms. The van der Waals surface area contributed by atoms with E-state index < -0.39 is 108 Å². The van der Waals surface area contributed by atoms with Crippen molar-refractivity contribution in [2.45, 2.75) is 225 Å². The second kappa shape index (κ2) is 21.6. The fourth-order valence-electron chi connectivity index (χ4n) is 9.71. The van der Waals surface area contributed by atoms with E-state index in [-0.39, 0.29) is 43.5 Å². The third kappa shape index (κ3) is 12.6. The first-order valence-corrected chi connectivity index (χ1v) is 22.2. The molecule has 3 fully saturated rings. The number of carbonyl (C=O) groups excluding carboxylic acids is 1. The quantitative estimate of drug-likeness (QED) is 0.117. The molecule has 0 radical (unpaired) electrons. The van der Waals surface area contributed by atoms with Crippen molar-refractivity contribution >= 4 is 5.97 Å². The molecular weight excluding hydrogens is 764 g/mol. The van der Waals surface area contributed by atoms with E-state index in [4.69, 9.17) is 33.2 Å². The minimum Gasteiger partial charge on any atom is -0.459 e. The molecule has 59 heavy (non-hydrogen) atoms. The molecule has 0 unspecified atom stereocenters. The molecule has 19 atom stereocenters. The van der Waals surface area contributed by atoms with Crippen molar-refractivity contribution in [3.8, 4) is 0 Å². The van der Waals surface area contributed by atoms with Gasteiger partial charge in [-0.25, -0.2) is 0 Å². The molecule has 0 aromatic heterocycles. The van der Waals surface area contributed by atoms with Crippen LogP contribution in [-0.4, -0.2) is 166 Å². The third-order valence-corrected chi connectivity index (χ3v) is 13.6. The van der Waals surface area contributed by atoms with Gasteiger partial charge in [0, 0.05) is 50.0 Å². The highest BCUT2D eigenvalue weighted by atomic mass is 16.7. The van der Waals surface area contributed by atoms with Gasteiger partial charge >= 0.3 is 5.97 Å². The number of carbonyl (C=O) groups is 1. The van der Waals surface area contributed by atoms with E-state index in [9.17, 15) is 30.3 Å². The molecular formula is C44H84N2O13. The molecule has 15 heteroatoms. The van der Waals surface area contributed by atoms with Gasteiger partial charge < -0.3 is 64.0 Å². The summed E-state index contributed by atoms with van der Waals surface area (Å²) < 4.78 is 44.6. The van der Waals surface area contributed by atoms with Crippen molar-refractivity contribution in [1.82, 2.24) is 10.2 Å². The lowest BCUT2D eigenvalue weighted by Gasteiger charge is -2.50. The van der Waals surface area contributed by atoms with Gasteiger partial charge in [-0.05, 0) is 87.6 Å². The van der Waals surface area contributed by atoms with Gasteiger partial charge in [-0.1, -0.05) is 41.5 Å². The minimum absolute atomic E-state index is 0.0881. The third-order valence-electron chi connectivity index (χ3n) is 13.6. The predicted octanol–water partition coefficient (Wildman–Crippen LogP) is 3.38. The lowest BCUT2D eigenvalue weighted by molar-refractivity contribution is -0.319. The van der Waals surface area contributed by atoms with Crippen molar-refractivity contribution < 1.29 is 63.5 Å². The van der Waals surface area contributed by atoms with Crippen LogP contribution in [0.25, 0.3) is 0 Å². The Morgan fingerprint density at radius 1 is 0.898 bits per heavy atom. The standard InChI is InChI=1S/C44H84N2O13/c1-17-32-44(14,52)37(48)27(8)35(54-19-18-45-23(2)3)25(6)21-42(12,51)39(59-41-34(47)31(20-26(7)55-41)46(15)24(4)5)28(9)36(29(10)40(50)57-32)58-33-22-43(13,53-16)38(49)30(11)56-33/h23-39,41,45,47-49,51-52H,17-22H2,1-16H3/t25-,26-,27+,28+,29-,30+,31+,32-,33+,34-,35+,36+,37-,38+,39-,41+,42-,43-,44-/m1/s1. The van der Waals surface area contributed by atoms with E-state index in [0.717, 1.165) is 0 Å². The molecule has 3 rings (SSSR count). The van der Waals surface area contributed by atoms with Crippen LogP contribution in [0.2, 0.25) is 0 Å². The Labute approximate surface area is 355 Å². The summed E-state index contributed by atoms with van der Waals surface area (Å²) in [7, 11) is 3.46. The molecule has 15 nitrogen and oxygen atoms in total. The van der Waals surface area contributed by atoms with Gasteiger partial charge in [0.1, 0.15) is 23.9 Å². The molecule has 3 aliphatic heterocycles. The van der Waals surface area contributed by atoms with Crippen molar-refractivity contribution in [2.75, 3.05) is 27.3 Å². The fourth-order valence-corrected chi connectivity index (χ4v) is 9.71. The lowest BCUT2D eigenvalue weighted by atomic mass is 9.73. The largest absolute Gasteiger partial charge is 0.459 e. The van der Waals surface area contributed by atoms with E-state index >= 15 is 0 Å². The molecule has 0 aliphatic carbocycles. The SMILES string of the molecule is CC[C@H]1OC(=O)[C@H](C)[C@@H](O[C@H]2C[C@@](C)(OC)[C@@H](O)[C@H](C)O2)[C@H](C)[C@@H](O[C@@H]2O[C@H](C)C[C@H](N(C)C(C)C)[C@H]2O)[C@](C)(O)C[C@@H](C)[C@H](OCCNC(C)C)[C@H](C)[C@@H](O)[C@]1(C)O. The Balaban J connectivity index is 2.23. The van der Waals surface area contributed by atoms with Crippen LogP contribution in [0.3, 0.4) is 0 Å². The Morgan fingerprint density at radius 2 is 1.53 bits per heavy atom. The highest BCUT2D eigenvalue weighted by molar-refractivity contribution is 5.73. The van der Waals surface area contributed by atoms with Crippen molar-refractivity contribution in [2.24, 2.45) is 23.7 Å². The maximum atomic E-state index is 14.4. The number of cyclic esters (lactones) is 1. The number of likely N-dealkylation sites (N-methyl/N-ethyl adjacent to an activating group) is 1. The number of nitrogens with zero attached hydrogens (tertiary/aromatic N) is 1. The number of ether oxygens (including phenoxy) is 7. The Bertz CT molecular complexity index is 1290. The molecule has 3 aliphatic rings. The van der Waals surface area contributed by atoms with Crippen LogP contribution >= 0.6 is 0 Å². The average Bonchev–Trinajstić information content (AvgIpc) is 3.15. The van der Waals surface area contributed by atoms with Gasteiger partial charge in [-0.2, -0.15) is 0 Å². The van der Waals surface area contributed by atoms with Crippen LogP contribution in [-0.2, 0) is 38.0 Å². The van der Waals surface area contributed by atoms with Gasteiger partial charge in [0.2, 0.25) is 0 Å². The average molecular weight is 849 g/mol. The summed E-state index contributed by atoms with van der Waals surface area (Å²) in [6.07, 6.45) is -9.56. The first-order chi connectivity index (χ1) is 27.2. The molecule has 0 amide bonds. The van der Waals surface area contributed by atoms with E-state index in [1.165, 1.54) is 14.0 Å². The summed E-state index contributed by atoms with van der Waals surface area (Å²) in [6.45, 7) is 26.5.